The number of hydrogen-bond acceptors (Lipinski definition) is 3. The molecule has 1 unspecified atom stereocenters. The molecule has 0 aliphatic heterocycles. The lowest BCUT2D eigenvalue weighted by Gasteiger charge is -2.14. The minimum atomic E-state index is 0.0248. The van der Waals surface area contributed by atoms with E-state index in [1.54, 1.807) is 6.26 Å². The Morgan fingerprint density at radius 3 is 2.81 bits per heavy atom. The van der Waals surface area contributed by atoms with E-state index in [0.717, 1.165) is 21.4 Å². The Balaban J connectivity index is 2.40. The van der Waals surface area contributed by atoms with Crippen LogP contribution in [0.1, 0.15) is 22.9 Å². The van der Waals surface area contributed by atoms with Gasteiger partial charge in [0.15, 0.2) is 0 Å². The van der Waals surface area contributed by atoms with Crippen molar-refractivity contribution in [1.29, 1.82) is 0 Å². The Kier molecular flexibility index (Phi) is 3.41. The number of nitrogens with one attached hydrogen (secondary N) is 1. The molecule has 1 atom stereocenters. The van der Waals surface area contributed by atoms with E-state index in [4.69, 9.17) is 4.42 Å². The molecular weight excluding hydrogens is 268 g/mol. The van der Waals surface area contributed by atoms with E-state index in [-0.39, 0.29) is 6.04 Å². The fourth-order valence-corrected chi connectivity index (χ4v) is 2.13. The summed E-state index contributed by atoms with van der Waals surface area (Å²) in [6, 6.07) is 4.02. The third-order valence-corrected chi connectivity index (χ3v) is 3.08. The van der Waals surface area contributed by atoms with Gasteiger partial charge in [-0.2, -0.15) is 0 Å². The number of aryl methyl sites for hydroxylation is 1. The van der Waals surface area contributed by atoms with E-state index < -0.39 is 0 Å². The first-order valence-corrected chi connectivity index (χ1v) is 5.83. The summed E-state index contributed by atoms with van der Waals surface area (Å²) in [5.41, 5.74) is 2.23. The summed E-state index contributed by atoms with van der Waals surface area (Å²) < 4.78 is 6.44. The van der Waals surface area contributed by atoms with Gasteiger partial charge in [0.05, 0.1) is 16.8 Å². The highest BCUT2D eigenvalue weighted by molar-refractivity contribution is 9.10. The number of furan rings is 1. The first kappa shape index (κ1) is 11.4. The number of hydrogen-bond donors (Lipinski definition) is 1. The number of pyridine rings is 1. The average Bonchev–Trinajstić information content (AvgIpc) is 2.67. The van der Waals surface area contributed by atoms with Crippen LogP contribution in [0.3, 0.4) is 0 Å². The van der Waals surface area contributed by atoms with Crippen LogP contribution in [-0.2, 0) is 0 Å². The second kappa shape index (κ2) is 4.80. The van der Waals surface area contributed by atoms with Crippen molar-refractivity contribution in [2.45, 2.75) is 13.0 Å². The second-order valence-electron chi connectivity index (χ2n) is 3.65. The molecule has 0 fully saturated rings. The van der Waals surface area contributed by atoms with Crippen LogP contribution in [0, 0.1) is 6.92 Å². The van der Waals surface area contributed by atoms with E-state index in [0.29, 0.717) is 0 Å². The van der Waals surface area contributed by atoms with Crippen LogP contribution in [-0.4, -0.2) is 12.0 Å². The molecule has 0 saturated carbocycles. The van der Waals surface area contributed by atoms with E-state index in [2.05, 4.69) is 32.3 Å². The van der Waals surface area contributed by atoms with Crippen molar-refractivity contribution >= 4 is 15.9 Å². The highest BCUT2D eigenvalue weighted by Crippen LogP contribution is 2.29. The topological polar surface area (TPSA) is 38.1 Å². The molecule has 0 saturated heterocycles. The summed E-state index contributed by atoms with van der Waals surface area (Å²) >= 11 is 3.47. The van der Waals surface area contributed by atoms with Gasteiger partial charge in [-0.25, -0.2) is 0 Å². The first-order chi connectivity index (χ1) is 7.72. The van der Waals surface area contributed by atoms with Crippen LogP contribution in [0.25, 0.3) is 0 Å². The number of halogens is 1. The maximum atomic E-state index is 5.47. The van der Waals surface area contributed by atoms with E-state index in [9.17, 15) is 0 Å². The molecule has 0 bridgehead atoms. The van der Waals surface area contributed by atoms with E-state index in [1.165, 1.54) is 0 Å². The minimum absolute atomic E-state index is 0.0248. The molecule has 84 valence electrons. The van der Waals surface area contributed by atoms with Gasteiger partial charge < -0.3 is 9.73 Å². The normalized spacial score (nSPS) is 12.7. The lowest BCUT2D eigenvalue weighted by molar-refractivity contribution is 0.460. The zero-order valence-electron chi connectivity index (χ0n) is 9.20. The van der Waals surface area contributed by atoms with Gasteiger partial charge in [-0.1, -0.05) is 6.07 Å². The fourth-order valence-electron chi connectivity index (χ4n) is 1.70. The van der Waals surface area contributed by atoms with E-state index in [1.807, 2.05) is 32.4 Å². The van der Waals surface area contributed by atoms with Gasteiger partial charge in [-0.05, 0) is 47.1 Å². The van der Waals surface area contributed by atoms with Gasteiger partial charge in [0.25, 0.3) is 0 Å². The maximum absolute atomic E-state index is 5.47. The summed E-state index contributed by atoms with van der Waals surface area (Å²) in [6.45, 7) is 2.03. The highest BCUT2D eigenvalue weighted by atomic mass is 79.9. The quantitative estimate of drug-likeness (QED) is 0.939. The Bertz CT molecular complexity index is 481. The van der Waals surface area contributed by atoms with Gasteiger partial charge in [-0.15, -0.1) is 0 Å². The number of rotatable bonds is 3. The summed E-state index contributed by atoms with van der Waals surface area (Å²) in [6.07, 6.45) is 5.36. The van der Waals surface area contributed by atoms with Gasteiger partial charge in [0, 0.05) is 12.4 Å². The van der Waals surface area contributed by atoms with Gasteiger partial charge in [-0.3, -0.25) is 4.98 Å². The lowest BCUT2D eigenvalue weighted by Crippen LogP contribution is -2.17. The van der Waals surface area contributed by atoms with Crippen molar-refractivity contribution in [3.8, 4) is 0 Å². The first-order valence-electron chi connectivity index (χ1n) is 5.04. The smallest absolute Gasteiger partial charge is 0.139 e. The molecule has 2 heterocycles. The van der Waals surface area contributed by atoms with Gasteiger partial charge in [0.1, 0.15) is 5.76 Å². The largest absolute Gasteiger partial charge is 0.466 e. The second-order valence-corrected chi connectivity index (χ2v) is 4.50. The molecule has 0 amide bonds. The van der Waals surface area contributed by atoms with Crippen molar-refractivity contribution in [2.24, 2.45) is 0 Å². The molecule has 2 rings (SSSR count). The molecule has 0 spiro atoms. The summed E-state index contributed by atoms with van der Waals surface area (Å²) in [7, 11) is 1.90. The molecule has 0 aliphatic carbocycles. The van der Waals surface area contributed by atoms with Crippen LogP contribution < -0.4 is 5.32 Å². The molecule has 0 aromatic carbocycles. The van der Waals surface area contributed by atoms with Crippen LogP contribution in [0.2, 0.25) is 0 Å². The van der Waals surface area contributed by atoms with Crippen LogP contribution in [0.15, 0.2) is 39.7 Å². The molecule has 3 nitrogen and oxygen atoms in total. The lowest BCUT2D eigenvalue weighted by atomic mass is 10.1. The third-order valence-electron chi connectivity index (χ3n) is 2.43. The highest BCUT2D eigenvalue weighted by Gasteiger charge is 2.18. The van der Waals surface area contributed by atoms with Crippen molar-refractivity contribution in [3.05, 3.63) is 52.1 Å². The predicted octanol–water partition coefficient (Wildman–Crippen LogP) is 3.05. The average molecular weight is 281 g/mol. The van der Waals surface area contributed by atoms with E-state index >= 15 is 0 Å². The predicted molar refractivity (Wildman–Crippen MR) is 66.3 cm³/mol. The van der Waals surface area contributed by atoms with Gasteiger partial charge >= 0.3 is 0 Å². The Morgan fingerprint density at radius 2 is 2.25 bits per heavy atom. The summed E-state index contributed by atoms with van der Waals surface area (Å²) in [5.74, 6) is 0.870. The van der Waals surface area contributed by atoms with Crippen molar-refractivity contribution in [1.82, 2.24) is 10.3 Å². The number of nitrogens with zero attached hydrogens (tertiary/aromatic N) is 1. The summed E-state index contributed by atoms with van der Waals surface area (Å²) in [5, 5.41) is 3.23. The zero-order valence-corrected chi connectivity index (χ0v) is 10.8. The molecule has 1 N–H and O–H groups in total. The molecule has 16 heavy (non-hydrogen) atoms. The fraction of sp³-hybridized carbons (Fsp3) is 0.250. The molecule has 2 aromatic rings. The summed E-state index contributed by atoms with van der Waals surface area (Å²) in [4.78, 5) is 4.20. The monoisotopic (exact) mass is 280 g/mol. The third kappa shape index (κ3) is 2.18. The number of aromatic nitrogens is 1. The van der Waals surface area contributed by atoms with Crippen LogP contribution in [0.5, 0.6) is 0 Å². The van der Waals surface area contributed by atoms with Crippen molar-refractivity contribution in [3.63, 3.8) is 0 Å². The molecule has 0 aliphatic rings. The Morgan fingerprint density at radius 1 is 1.44 bits per heavy atom. The minimum Gasteiger partial charge on any atom is -0.466 e. The molecule has 4 heteroatoms. The maximum Gasteiger partial charge on any atom is 0.139 e. The molecular formula is C12H13BrN2O. The Labute approximate surface area is 103 Å². The van der Waals surface area contributed by atoms with Crippen LogP contribution in [0.4, 0.5) is 0 Å². The molecule has 0 radical (unpaired) electrons. The Hall–Kier alpha value is -1.13. The van der Waals surface area contributed by atoms with Crippen molar-refractivity contribution < 1.29 is 4.42 Å². The van der Waals surface area contributed by atoms with Crippen LogP contribution >= 0.6 is 15.9 Å². The standard InChI is InChI=1S/C12H13BrN2O/c1-8-5-9(7-15-6-8)11(14-2)12-10(13)3-4-16-12/h3-7,11,14H,1-2H3. The zero-order chi connectivity index (χ0) is 11.5. The van der Waals surface area contributed by atoms with Gasteiger partial charge in [0.2, 0.25) is 0 Å². The van der Waals surface area contributed by atoms with Crippen molar-refractivity contribution in [2.75, 3.05) is 7.05 Å². The SMILES string of the molecule is CNC(c1cncc(C)c1)c1occc1Br. The molecule has 2 aromatic heterocycles.